The van der Waals surface area contributed by atoms with Gasteiger partial charge in [0.1, 0.15) is 5.82 Å². The number of aromatic carboxylic acids is 1. The van der Waals surface area contributed by atoms with Crippen LogP contribution in [0.3, 0.4) is 0 Å². The molecular formula is C13H13FN4O3. The van der Waals surface area contributed by atoms with Crippen LogP contribution in [0.25, 0.3) is 0 Å². The Morgan fingerprint density at radius 1 is 1.43 bits per heavy atom. The average molecular weight is 292 g/mol. The van der Waals surface area contributed by atoms with Crippen LogP contribution in [-0.4, -0.2) is 26.9 Å². The number of amides is 2. The Kier molecular flexibility index (Phi) is 4.17. The summed E-state index contributed by atoms with van der Waals surface area (Å²) in [6.45, 7) is 0.222. The summed E-state index contributed by atoms with van der Waals surface area (Å²) in [5.41, 5.74) is 0.477. The summed E-state index contributed by atoms with van der Waals surface area (Å²) in [7, 11) is 1.75. The minimum absolute atomic E-state index is 0.112. The number of carbonyl (C=O) groups is 2. The average Bonchev–Trinajstić information content (AvgIpc) is 2.84. The lowest BCUT2D eigenvalue weighted by molar-refractivity contribution is 0.0697. The first-order chi connectivity index (χ1) is 9.95. The predicted octanol–water partition coefficient (Wildman–Crippen LogP) is 1.58. The molecule has 1 heterocycles. The normalized spacial score (nSPS) is 10.2. The van der Waals surface area contributed by atoms with Crippen LogP contribution in [0.15, 0.2) is 30.6 Å². The molecule has 0 radical (unpaired) electrons. The molecule has 0 unspecified atom stereocenters. The van der Waals surface area contributed by atoms with Crippen molar-refractivity contribution in [3.63, 3.8) is 0 Å². The number of carboxylic acids is 1. The van der Waals surface area contributed by atoms with E-state index in [1.54, 1.807) is 24.1 Å². The zero-order valence-electron chi connectivity index (χ0n) is 11.1. The van der Waals surface area contributed by atoms with Crippen molar-refractivity contribution in [3.8, 4) is 0 Å². The quantitative estimate of drug-likeness (QED) is 0.797. The van der Waals surface area contributed by atoms with Gasteiger partial charge in [0.2, 0.25) is 0 Å². The molecule has 2 rings (SSSR count). The van der Waals surface area contributed by atoms with E-state index in [0.717, 1.165) is 23.8 Å². The van der Waals surface area contributed by atoms with Gasteiger partial charge in [0, 0.05) is 25.4 Å². The summed E-state index contributed by atoms with van der Waals surface area (Å²) in [6.07, 6.45) is 3.32. The molecule has 0 bridgehead atoms. The summed E-state index contributed by atoms with van der Waals surface area (Å²) in [4.78, 5) is 22.5. The molecule has 2 amide bonds. The zero-order valence-corrected chi connectivity index (χ0v) is 11.1. The number of benzene rings is 1. The largest absolute Gasteiger partial charge is 0.478 e. The first-order valence-electron chi connectivity index (χ1n) is 6.01. The summed E-state index contributed by atoms with van der Waals surface area (Å²) in [5, 5.41) is 17.6. The van der Waals surface area contributed by atoms with Crippen LogP contribution in [-0.2, 0) is 13.6 Å². The molecule has 0 aliphatic heterocycles. The first kappa shape index (κ1) is 14.5. The maximum atomic E-state index is 13.5. The van der Waals surface area contributed by atoms with Gasteiger partial charge in [-0.3, -0.25) is 4.68 Å². The number of urea groups is 1. The van der Waals surface area contributed by atoms with Gasteiger partial charge in [-0.25, -0.2) is 14.0 Å². The Bertz CT molecular complexity index is 684. The van der Waals surface area contributed by atoms with Crippen LogP contribution < -0.4 is 10.6 Å². The summed E-state index contributed by atoms with van der Waals surface area (Å²) < 4.78 is 15.1. The Morgan fingerprint density at radius 3 is 2.81 bits per heavy atom. The van der Waals surface area contributed by atoms with E-state index in [1.165, 1.54) is 0 Å². The molecule has 7 nitrogen and oxygen atoms in total. The van der Waals surface area contributed by atoms with Crippen molar-refractivity contribution in [2.45, 2.75) is 6.54 Å². The highest BCUT2D eigenvalue weighted by molar-refractivity contribution is 5.93. The second-order valence-electron chi connectivity index (χ2n) is 4.33. The lowest BCUT2D eigenvalue weighted by atomic mass is 10.2. The topological polar surface area (TPSA) is 96.2 Å². The van der Waals surface area contributed by atoms with Crippen molar-refractivity contribution in [2.24, 2.45) is 7.05 Å². The van der Waals surface area contributed by atoms with Gasteiger partial charge in [-0.05, 0) is 18.2 Å². The maximum absolute atomic E-state index is 13.5. The van der Waals surface area contributed by atoms with E-state index in [2.05, 4.69) is 15.7 Å². The number of hydrogen-bond acceptors (Lipinski definition) is 3. The Labute approximate surface area is 119 Å². The van der Waals surface area contributed by atoms with Crippen LogP contribution in [0.2, 0.25) is 0 Å². The summed E-state index contributed by atoms with van der Waals surface area (Å²) >= 11 is 0. The predicted molar refractivity (Wildman–Crippen MR) is 72.4 cm³/mol. The molecule has 110 valence electrons. The van der Waals surface area contributed by atoms with Crippen molar-refractivity contribution in [1.29, 1.82) is 0 Å². The number of halogens is 1. The fourth-order valence-corrected chi connectivity index (χ4v) is 1.67. The number of nitrogens with zero attached hydrogens (tertiary/aromatic N) is 2. The molecule has 0 atom stereocenters. The minimum atomic E-state index is -1.20. The number of anilines is 1. The Hall–Kier alpha value is -2.90. The van der Waals surface area contributed by atoms with E-state index in [0.29, 0.717) is 0 Å². The molecule has 2 aromatic rings. The highest BCUT2D eigenvalue weighted by Gasteiger charge is 2.11. The lowest BCUT2D eigenvalue weighted by Gasteiger charge is -2.08. The van der Waals surface area contributed by atoms with E-state index in [9.17, 15) is 14.0 Å². The summed E-state index contributed by atoms with van der Waals surface area (Å²) in [6, 6.07) is 2.53. The van der Waals surface area contributed by atoms with Crippen LogP contribution in [0.1, 0.15) is 15.9 Å². The molecule has 1 aromatic heterocycles. The fourth-order valence-electron chi connectivity index (χ4n) is 1.67. The van der Waals surface area contributed by atoms with Gasteiger partial charge >= 0.3 is 12.0 Å². The molecule has 0 aliphatic carbocycles. The van der Waals surface area contributed by atoms with Gasteiger partial charge in [0.05, 0.1) is 17.4 Å². The third kappa shape index (κ3) is 3.78. The lowest BCUT2D eigenvalue weighted by Crippen LogP contribution is -2.28. The molecule has 21 heavy (non-hydrogen) atoms. The first-order valence-corrected chi connectivity index (χ1v) is 6.01. The molecule has 0 spiro atoms. The second kappa shape index (κ2) is 6.04. The number of rotatable bonds is 4. The molecule has 0 fully saturated rings. The minimum Gasteiger partial charge on any atom is -0.478 e. The van der Waals surface area contributed by atoms with Crippen molar-refractivity contribution >= 4 is 17.7 Å². The third-order valence-corrected chi connectivity index (χ3v) is 2.67. The van der Waals surface area contributed by atoms with E-state index < -0.39 is 17.8 Å². The van der Waals surface area contributed by atoms with Gasteiger partial charge in [0.25, 0.3) is 0 Å². The van der Waals surface area contributed by atoms with Crippen LogP contribution in [0.5, 0.6) is 0 Å². The van der Waals surface area contributed by atoms with Crippen LogP contribution in [0.4, 0.5) is 14.9 Å². The number of aromatic nitrogens is 2. The fraction of sp³-hybridized carbons (Fsp3) is 0.154. The number of aryl methyl sites for hydroxylation is 1. The van der Waals surface area contributed by atoms with Gasteiger partial charge in [0.15, 0.2) is 0 Å². The third-order valence-electron chi connectivity index (χ3n) is 2.67. The van der Waals surface area contributed by atoms with E-state index in [4.69, 9.17) is 5.11 Å². The van der Waals surface area contributed by atoms with E-state index in [1.807, 2.05) is 0 Å². The van der Waals surface area contributed by atoms with Gasteiger partial charge in [-0.15, -0.1) is 0 Å². The molecule has 0 saturated carbocycles. The van der Waals surface area contributed by atoms with Crippen molar-refractivity contribution < 1.29 is 19.1 Å². The Morgan fingerprint density at radius 2 is 2.19 bits per heavy atom. The number of carboxylic acid groups (broad SMARTS) is 1. The highest BCUT2D eigenvalue weighted by atomic mass is 19.1. The molecular weight excluding hydrogens is 279 g/mol. The Balaban J connectivity index is 1.99. The molecule has 3 N–H and O–H groups in total. The van der Waals surface area contributed by atoms with Gasteiger partial charge < -0.3 is 15.7 Å². The SMILES string of the molecule is Cn1cc(CNC(=O)Nc2cc(C(=O)O)ccc2F)cn1. The second-order valence-corrected chi connectivity index (χ2v) is 4.33. The summed E-state index contributed by atoms with van der Waals surface area (Å²) in [5.74, 6) is -1.91. The van der Waals surface area contributed by atoms with Crippen LogP contribution >= 0.6 is 0 Å². The monoisotopic (exact) mass is 292 g/mol. The standard InChI is InChI=1S/C13H13FN4O3/c1-18-7-8(6-16-18)5-15-13(21)17-11-4-9(12(19)20)2-3-10(11)14/h2-4,6-7H,5H2,1H3,(H,19,20)(H2,15,17,21). The molecule has 0 aliphatic rings. The van der Waals surface area contributed by atoms with Crippen LogP contribution in [0, 0.1) is 5.82 Å². The van der Waals surface area contributed by atoms with Gasteiger partial charge in [-0.2, -0.15) is 5.10 Å². The van der Waals surface area contributed by atoms with E-state index >= 15 is 0 Å². The smallest absolute Gasteiger partial charge is 0.335 e. The van der Waals surface area contributed by atoms with Crippen molar-refractivity contribution in [3.05, 3.63) is 47.5 Å². The van der Waals surface area contributed by atoms with Crippen molar-refractivity contribution in [2.75, 3.05) is 5.32 Å². The number of nitrogens with one attached hydrogen (secondary N) is 2. The van der Waals surface area contributed by atoms with Gasteiger partial charge in [-0.1, -0.05) is 0 Å². The molecule has 1 aromatic carbocycles. The molecule has 0 saturated heterocycles. The highest BCUT2D eigenvalue weighted by Crippen LogP contribution is 2.16. The van der Waals surface area contributed by atoms with E-state index in [-0.39, 0.29) is 17.8 Å². The van der Waals surface area contributed by atoms with Crippen molar-refractivity contribution in [1.82, 2.24) is 15.1 Å². The number of hydrogen-bond donors (Lipinski definition) is 3. The molecule has 8 heteroatoms. The number of carbonyl (C=O) groups excluding carboxylic acids is 1. The maximum Gasteiger partial charge on any atom is 0.335 e. The zero-order chi connectivity index (χ0) is 15.4.